The van der Waals surface area contributed by atoms with Crippen molar-refractivity contribution in [3.05, 3.63) is 32.9 Å². The van der Waals surface area contributed by atoms with Gasteiger partial charge in [0, 0.05) is 13.2 Å². The Morgan fingerprint density at radius 1 is 1.53 bits per heavy atom. The summed E-state index contributed by atoms with van der Waals surface area (Å²) in [5.74, 6) is 0.565. The van der Waals surface area contributed by atoms with E-state index in [0.717, 1.165) is 24.1 Å². The van der Waals surface area contributed by atoms with Crippen LogP contribution in [0.25, 0.3) is 11.4 Å². The molecule has 2 rings (SSSR count). The molecule has 0 saturated heterocycles. The Labute approximate surface area is 107 Å². The number of H-pyrrole nitrogens is 1. The van der Waals surface area contributed by atoms with Gasteiger partial charge in [-0.3, -0.25) is 9.48 Å². The van der Waals surface area contributed by atoms with E-state index >= 15 is 0 Å². The van der Waals surface area contributed by atoms with Gasteiger partial charge >= 0.3 is 0 Å². The highest BCUT2D eigenvalue weighted by Gasteiger charge is 2.10. The van der Waals surface area contributed by atoms with Gasteiger partial charge in [0.1, 0.15) is 10.3 Å². The van der Waals surface area contributed by atoms with E-state index in [1.54, 1.807) is 10.9 Å². The highest BCUT2D eigenvalue weighted by molar-refractivity contribution is 9.10. The van der Waals surface area contributed by atoms with Gasteiger partial charge in [-0.2, -0.15) is 5.10 Å². The van der Waals surface area contributed by atoms with E-state index < -0.39 is 0 Å². The Hall–Kier alpha value is -1.43. The zero-order chi connectivity index (χ0) is 12.4. The summed E-state index contributed by atoms with van der Waals surface area (Å²) in [4.78, 5) is 18.9. The molecule has 17 heavy (non-hydrogen) atoms. The Bertz CT molecular complexity index is 587. The zero-order valence-corrected chi connectivity index (χ0v) is 11.3. The van der Waals surface area contributed by atoms with Gasteiger partial charge in [0.25, 0.3) is 5.56 Å². The van der Waals surface area contributed by atoms with E-state index in [1.165, 1.54) is 0 Å². The fourth-order valence-corrected chi connectivity index (χ4v) is 1.97. The van der Waals surface area contributed by atoms with Crippen LogP contribution < -0.4 is 5.56 Å². The Balaban J connectivity index is 2.52. The lowest BCUT2D eigenvalue weighted by atomic mass is 10.2. The maximum Gasteiger partial charge on any atom is 0.265 e. The van der Waals surface area contributed by atoms with Crippen LogP contribution in [0.5, 0.6) is 0 Å². The van der Waals surface area contributed by atoms with Crippen LogP contribution in [0.4, 0.5) is 0 Å². The summed E-state index contributed by atoms with van der Waals surface area (Å²) in [5, 5.41) is 4.06. The van der Waals surface area contributed by atoms with Crippen molar-refractivity contribution in [2.24, 2.45) is 7.05 Å². The first-order valence-electron chi connectivity index (χ1n) is 5.39. The van der Waals surface area contributed by atoms with Crippen molar-refractivity contribution in [2.75, 3.05) is 0 Å². The average Bonchev–Trinajstić information content (AvgIpc) is 2.71. The molecule has 0 aliphatic carbocycles. The van der Waals surface area contributed by atoms with E-state index in [9.17, 15) is 4.79 Å². The van der Waals surface area contributed by atoms with Crippen LogP contribution in [0, 0.1) is 0 Å². The standard InChI is InChI=1S/C11H13BrN4O/c1-3-4-8-9(12)11(17)15-10(14-8)7-5-13-16(2)6-7/h5-6H,3-4H2,1-2H3,(H,14,15,17). The lowest BCUT2D eigenvalue weighted by Crippen LogP contribution is -2.13. The molecule has 2 aromatic rings. The molecule has 0 saturated carbocycles. The summed E-state index contributed by atoms with van der Waals surface area (Å²) < 4.78 is 2.20. The summed E-state index contributed by atoms with van der Waals surface area (Å²) >= 11 is 3.27. The minimum Gasteiger partial charge on any atom is -0.305 e. The number of aromatic nitrogens is 4. The highest BCUT2D eigenvalue weighted by atomic mass is 79.9. The second kappa shape index (κ2) is 4.83. The summed E-state index contributed by atoms with van der Waals surface area (Å²) in [6.45, 7) is 2.05. The normalized spacial score (nSPS) is 10.8. The van der Waals surface area contributed by atoms with Crippen LogP contribution in [0.1, 0.15) is 19.0 Å². The lowest BCUT2D eigenvalue weighted by molar-refractivity contribution is 0.768. The van der Waals surface area contributed by atoms with Gasteiger partial charge in [0.05, 0.1) is 17.5 Å². The summed E-state index contributed by atoms with van der Waals surface area (Å²) in [6, 6.07) is 0. The maximum absolute atomic E-state index is 11.7. The van der Waals surface area contributed by atoms with E-state index in [1.807, 2.05) is 13.2 Å². The molecule has 6 heteroatoms. The molecule has 0 aliphatic rings. The molecule has 0 aromatic carbocycles. The molecule has 0 bridgehead atoms. The quantitative estimate of drug-likeness (QED) is 0.941. The largest absolute Gasteiger partial charge is 0.305 e. The van der Waals surface area contributed by atoms with E-state index in [-0.39, 0.29) is 5.56 Å². The Morgan fingerprint density at radius 3 is 2.88 bits per heavy atom. The molecule has 0 radical (unpaired) electrons. The first-order chi connectivity index (χ1) is 8.11. The first kappa shape index (κ1) is 12.0. The molecule has 0 amide bonds. The number of aryl methyl sites for hydroxylation is 2. The molecule has 5 nitrogen and oxygen atoms in total. The third-order valence-electron chi connectivity index (χ3n) is 2.40. The minimum atomic E-state index is -0.151. The van der Waals surface area contributed by atoms with Crippen LogP contribution in [0.15, 0.2) is 21.7 Å². The number of hydrogen-bond donors (Lipinski definition) is 1. The van der Waals surface area contributed by atoms with Crippen molar-refractivity contribution in [2.45, 2.75) is 19.8 Å². The molecule has 2 heterocycles. The number of nitrogens with one attached hydrogen (secondary N) is 1. The number of aromatic amines is 1. The molecule has 0 atom stereocenters. The van der Waals surface area contributed by atoms with Crippen LogP contribution in [0.2, 0.25) is 0 Å². The van der Waals surface area contributed by atoms with Gasteiger partial charge in [-0.15, -0.1) is 0 Å². The second-order valence-electron chi connectivity index (χ2n) is 3.83. The van der Waals surface area contributed by atoms with E-state index in [4.69, 9.17) is 0 Å². The first-order valence-corrected chi connectivity index (χ1v) is 6.18. The smallest absolute Gasteiger partial charge is 0.265 e. The molecule has 90 valence electrons. The van der Waals surface area contributed by atoms with Crippen molar-refractivity contribution >= 4 is 15.9 Å². The molecule has 1 N–H and O–H groups in total. The van der Waals surface area contributed by atoms with E-state index in [0.29, 0.717) is 10.3 Å². The Morgan fingerprint density at radius 2 is 2.29 bits per heavy atom. The van der Waals surface area contributed by atoms with Crippen LogP contribution in [0.3, 0.4) is 0 Å². The van der Waals surface area contributed by atoms with Crippen molar-refractivity contribution < 1.29 is 0 Å². The van der Waals surface area contributed by atoms with Crippen molar-refractivity contribution in [1.29, 1.82) is 0 Å². The van der Waals surface area contributed by atoms with E-state index in [2.05, 4.69) is 37.9 Å². The maximum atomic E-state index is 11.7. The summed E-state index contributed by atoms with van der Waals surface area (Å²) in [6.07, 6.45) is 5.23. The third-order valence-corrected chi connectivity index (χ3v) is 3.21. The van der Waals surface area contributed by atoms with Gasteiger partial charge in [0.15, 0.2) is 0 Å². The van der Waals surface area contributed by atoms with Crippen molar-refractivity contribution in [3.8, 4) is 11.4 Å². The molecule has 0 unspecified atom stereocenters. The van der Waals surface area contributed by atoms with Gasteiger partial charge < -0.3 is 4.98 Å². The second-order valence-corrected chi connectivity index (χ2v) is 4.62. The number of rotatable bonds is 3. The van der Waals surface area contributed by atoms with Crippen LogP contribution in [-0.4, -0.2) is 19.7 Å². The van der Waals surface area contributed by atoms with Crippen LogP contribution in [-0.2, 0) is 13.5 Å². The monoisotopic (exact) mass is 296 g/mol. The van der Waals surface area contributed by atoms with Crippen molar-refractivity contribution in [1.82, 2.24) is 19.7 Å². The predicted molar refractivity (Wildman–Crippen MR) is 68.8 cm³/mol. The molecular formula is C11H13BrN4O. The minimum absolute atomic E-state index is 0.151. The molecule has 0 aliphatic heterocycles. The van der Waals surface area contributed by atoms with Crippen molar-refractivity contribution in [3.63, 3.8) is 0 Å². The third kappa shape index (κ3) is 2.46. The highest BCUT2D eigenvalue weighted by Crippen LogP contribution is 2.17. The number of nitrogens with zero attached hydrogens (tertiary/aromatic N) is 3. The topological polar surface area (TPSA) is 63.6 Å². The summed E-state index contributed by atoms with van der Waals surface area (Å²) in [5.41, 5.74) is 1.45. The molecule has 2 aromatic heterocycles. The van der Waals surface area contributed by atoms with Gasteiger partial charge in [0.2, 0.25) is 0 Å². The lowest BCUT2D eigenvalue weighted by Gasteiger charge is -2.03. The number of hydrogen-bond acceptors (Lipinski definition) is 3. The fourth-order valence-electron chi connectivity index (χ4n) is 1.59. The molecular weight excluding hydrogens is 284 g/mol. The number of halogens is 1. The SMILES string of the molecule is CCCc1nc(-c2cnn(C)c2)[nH]c(=O)c1Br. The molecule has 0 spiro atoms. The Kier molecular flexibility index (Phi) is 3.42. The van der Waals surface area contributed by atoms with Crippen LogP contribution >= 0.6 is 15.9 Å². The summed E-state index contributed by atoms with van der Waals surface area (Å²) in [7, 11) is 1.83. The fraction of sp³-hybridized carbons (Fsp3) is 0.364. The average molecular weight is 297 g/mol. The van der Waals surface area contributed by atoms with Gasteiger partial charge in [-0.05, 0) is 22.4 Å². The zero-order valence-electron chi connectivity index (χ0n) is 9.70. The predicted octanol–water partition coefficient (Wildman–Crippen LogP) is 1.89. The van der Waals surface area contributed by atoms with Gasteiger partial charge in [-0.25, -0.2) is 4.98 Å². The van der Waals surface area contributed by atoms with Gasteiger partial charge in [-0.1, -0.05) is 13.3 Å². The molecule has 0 fully saturated rings.